The van der Waals surface area contributed by atoms with E-state index in [1.54, 1.807) is 26.4 Å². The minimum absolute atomic E-state index is 0.528. The molecule has 0 bridgehead atoms. The van der Waals surface area contributed by atoms with E-state index in [1.165, 1.54) is 0 Å². The Kier molecular flexibility index (Phi) is 5.29. The van der Waals surface area contributed by atoms with E-state index in [4.69, 9.17) is 21.7 Å². The molecule has 5 heteroatoms. The third-order valence-corrected chi connectivity index (χ3v) is 2.26. The molecule has 0 radical (unpaired) electrons. The molecule has 1 aromatic carbocycles. The van der Waals surface area contributed by atoms with E-state index < -0.39 is 0 Å². The number of hydrogen-bond donors (Lipinski definition) is 2. The summed E-state index contributed by atoms with van der Waals surface area (Å²) in [6.45, 7) is 4.22. The predicted molar refractivity (Wildman–Crippen MR) is 74.0 cm³/mol. The Bertz CT molecular complexity index is 385. The van der Waals surface area contributed by atoms with Crippen LogP contribution >= 0.6 is 12.2 Å². The number of methoxy groups -OCH3 is 2. The van der Waals surface area contributed by atoms with E-state index in [9.17, 15) is 0 Å². The highest BCUT2D eigenvalue weighted by Crippen LogP contribution is 2.25. The van der Waals surface area contributed by atoms with E-state index in [-0.39, 0.29) is 0 Å². The van der Waals surface area contributed by atoms with E-state index in [2.05, 4.69) is 17.2 Å². The highest BCUT2D eigenvalue weighted by molar-refractivity contribution is 7.80. The molecule has 0 saturated heterocycles. The summed E-state index contributed by atoms with van der Waals surface area (Å²) < 4.78 is 10.3. The largest absolute Gasteiger partial charge is 0.497 e. The van der Waals surface area contributed by atoms with Crippen LogP contribution in [0.4, 0.5) is 5.69 Å². The van der Waals surface area contributed by atoms with Gasteiger partial charge in [-0.1, -0.05) is 6.08 Å². The molecule has 92 valence electrons. The smallest absolute Gasteiger partial charge is 0.171 e. The standard InChI is InChI=1S/C12H16N2O2S/c1-4-5-13-12(17)14-9-6-10(15-2)8-11(7-9)16-3/h4,6-8H,1,5H2,2-3H3,(H2,13,14,17). The first-order chi connectivity index (χ1) is 8.19. The van der Waals surface area contributed by atoms with Crippen LogP contribution in [0.5, 0.6) is 11.5 Å². The van der Waals surface area contributed by atoms with Crippen LogP contribution in [0.2, 0.25) is 0 Å². The van der Waals surface area contributed by atoms with Gasteiger partial charge in [0, 0.05) is 30.4 Å². The number of anilines is 1. The summed E-state index contributed by atoms with van der Waals surface area (Å²) >= 11 is 5.11. The molecule has 0 aliphatic heterocycles. The molecule has 4 nitrogen and oxygen atoms in total. The normalized spacial score (nSPS) is 9.29. The average molecular weight is 252 g/mol. The molecule has 0 unspecified atom stereocenters. The van der Waals surface area contributed by atoms with Gasteiger partial charge in [0.15, 0.2) is 5.11 Å². The van der Waals surface area contributed by atoms with Gasteiger partial charge in [0.05, 0.1) is 14.2 Å². The van der Waals surface area contributed by atoms with Crippen LogP contribution < -0.4 is 20.1 Å². The van der Waals surface area contributed by atoms with Crippen molar-refractivity contribution >= 4 is 23.0 Å². The van der Waals surface area contributed by atoms with Gasteiger partial charge in [-0.2, -0.15) is 0 Å². The molecule has 0 fully saturated rings. The first-order valence-electron chi connectivity index (χ1n) is 5.08. The highest BCUT2D eigenvalue weighted by Gasteiger charge is 2.02. The fourth-order valence-corrected chi connectivity index (χ4v) is 1.42. The molecule has 0 aliphatic rings. The summed E-state index contributed by atoms with van der Waals surface area (Å²) in [7, 11) is 3.21. The SMILES string of the molecule is C=CCNC(=S)Nc1cc(OC)cc(OC)c1. The number of nitrogens with one attached hydrogen (secondary N) is 2. The molecule has 0 aromatic heterocycles. The summed E-state index contributed by atoms with van der Waals surface area (Å²) in [6, 6.07) is 5.47. The van der Waals surface area contributed by atoms with Gasteiger partial charge in [0.25, 0.3) is 0 Å². The molecule has 0 aliphatic carbocycles. The first-order valence-corrected chi connectivity index (χ1v) is 5.49. The third kappa shape index (κ3) is 4.32. The van der Waals surface area contributed by atoms with Crippen molar-refractivity contribution in [2.75, 3.05) is 26.1 Å². The zero-order valence-electron chi connectivity index (χ0n) is 9.95. The van der Waals surface area contributed by atoms with Gasteiger partial charge in [0.2, 0.25) is 0 Å². The fraction of sp³-hybridized carbons (Fsp3) is 0.250. The van der Waals surface area contributed by atoms with E-state index in [0.29, 0.717) is 23.2 Å². The van der Waals surface area contributed by atoms with Gasteiger partial charge in [-0.15, -0.1) is 6.58 Å². The molecule has 0 heterocycles. The Balaban J connectivity index is 2.75. The Morgan fingerprint density at radius 3 is 2.35 bits per heavy atom. The van der Waals surface area contributed by atoms with Crippen molar-refractivity contribution in [3.63, 3.8) is 0 Å². The summed E-state index contributed by atoms with van der Waals surface area (Å²) in [5.74, 6) is 1.41. The number of ether oxygens (including phenoxy) is 2. The van der Waals surface area contributed by atoms with Crippen LogP contribution in [0.1, 0.15) is 0 Å². The number of thiocarbonyl (C=S) groups is 1. The second kappa shape index (κ2) is 6.75. The van der Waals surface area contributed by atoms with Crippen LogP contribution in [0.15, 0.2) is 30.9 Å². The number of rotatable bonds is 5. The van der Waals surface area contributed by atoms with E-state index in [1.807, 2.05) is 12.1 Å². The van der Waals surface area contributed by atoms with E-state index >= 15 is 0 Å². The Hall–Kier alpha value is -1.75. The van der Waals surface area contributed by atoms with Crippen molar-refractivity contribution in [2.45, 2.75) is 0 Å². The van der Waals surface area contributed by atoms with Gasteiger partial charge in [0.1, 0.15) is 11.5 Å². The fourth-order valence-electron chi connectivity index (χ4n) is 1.22. The lowest BCUT2D eigenvalue weighted by Gasteiger charge is -2.11. The minimum Gasteiger partial charge on any atom is -0.497 e. The molecule has 0 saturated carbocycles. The summed E-state index contributed by atoms with van der Waals surface area (Å²) in [4.78, 5) is 0. The van der Waals surface area contributed by atoms with Crippen molar-refractivity contribution in [3.8, 4) is 11.5 Å². The van der Waals surface area contributed by atoms with Crippen molar-refractivity contribution < 1.29 is 9.47 Å². The van der Waals surface area contributed by atoms with Crippen molar-refractivity contribution in [1.29, 1.82) is 0 Å². The second-order valence-electron chi connectivity index (χ2n) is 3.23. The molecular weight excluding hydrogens is 236 g/mol. The first kappa shape index (κ1) is 13.3. The number of hydrogen-bond acceptors (Lipinski definition) is 3. The van der Waals surface area contributed by atoms with Gasteiger partial charge < -0.3 is 20.1 Å². The zero-order valence-corrected chi connectivity index (χ0v) is 10.8. The van der Waals surface area contributed by atoms with Crippen LogP contribution in [0.3, 0.4) is 0 Å². The average Bonchev–Trinajstić information content (AvgIpc) is 2.35. The van der Waals surface area contributed by atoms with Gasteiger partial charge in [-0.3, -0.25) is 0 Å². The predicted octanol–water partition coefficient (Wildman–Crippen LogP) is 2.18. The topological polar surface area (TPSA) is 42.5 Å². The minimum atomic E-state index is 0.528. The molecule has 0 atom stereocenters. The lowest BCUT2D eigenvalue weighted by atomic mass is 10.3. The second-order valence-corrected chi connectivity index (χ2v) is 3.63. The molecule has 1 aromatic rings. The van der Waals surface area contributed by atoms with Crippen molar-refractivity contribution in [3.05, 3.63) is 30.9 Å². The Morgan fingerprint density at radius 2 is 1.88 bits per heavy atom. The van der Waals surface area contributed by atoms with Gasteiger partial charge in [-0.05, 0) is 12.2 Å². The maximum atomic E-state index is 5.16. The monoisotopic (exact) mass is 252 g/mol. The quantitative estimate of drug-likeness (QED) is 0.621. The van der Waals surface area contributed by atoms with Gasteiger partial charge in [-0.25, -0.2) is 0 Å². The molecule has 0 spiro atoms. The summed E-state index contributed by atoms with van der Waals surface area (Å²) in [6.07, 6.45) is 1.74. The molecule has 0 amide bonds. The third-order valence-electron chi connectivity index (χ3n) is 2.02. The van der Waals surface area contributed by atoms with Crippen LogP contribution in [-0.2, 0) is 0 Å². The van der Waals surface area contributed by atoms with E-state index in [0.717, 1.165) is 5.69 Å². The van der Waals surface area contributed by atoms with Crippen LogP contribution in [-0.4, -0.2) is 25.9 Å². The summed E-state index contributed by atoms with van der Waals surface area (Å²) in [5, 5.41) is 6.54. The molecule has 2 N–H and O–H groups in total. The zero-order chi connectivity index (χ0) is 12.7. The van der Waals surface area contributed by atoms with Crippen molar-refractivity contribution in [1.82, 2.24) is 5.32 Å². The summed E-state index contributed by atoms with van der Waals surface area (Å²) in [5.41, 5.74) is 0.808. The maximum Gasteiger partial charge on any atom is 0.171 e. The Morgan fingerprint density at radius 1 is 1.29 bits per heavy atom. The molecule has 1 rings (SSSR count). The maximum absolute atomic E-state index is 5.16. The Labute approximate surface area is 107 Å². The van der Waals surface area contributed by atoms with Gasteiger partial charge >= 0.3 is 0 Å². The van der Waals surface area contributed by atoms with Crippen LogP contribution in [0, 0.1) is 0 Å². The highest BCUT2D eigenvalue weighted by atomic mass is 32.1. The van der Waals surface area contributed by atoms with Crippen LogP contribution in [0.25, 0.3) is 0 Å². The lowest BCUT2D eigenvalue weighted by Crippen LogP contribution is -2.28. The van der Waals surface area contributed by atoms with Crippen molar-refractivity contribution in [2.24, 2.45) is 0 Å². The molecular formula is C12H16N2O2S. The number of benzene rings is 1. The molecule has 17 heavy (non-hydrogen) atoms. The lowest BCUT2D eigenvalue weighted by molar-refractivity contribution is 0.395.